The van der Waals surface area contributed by atoms with Crippen LogP contribution in [0.1, 0.15) is 52.4 Å². The lowest BCUT2D eigenvalue weighted by Gasteiger charge is -2.58. The summed E-state index contributed by atoms with van der Waals surface area (Å²) in [6.07, 6.45) is 12.9. The average molecular weight is 298 g/mol. The van der Waals surface area contributed by atoms with Gasteiger partial charge in [0.05, 0.1) is 6.10 Å². The molecule has 5 aliphatic carbocycles. The molecule has 1 spiro atoms. The number of aliphatic hydroxyl groups excluding tert-OH is 1. The van der Waals surface area contributed by atoms with Crippen molar-refractivity contribution in [2.75, 3.05) is 0 Å². The van der Waals surface area contributed by atoms with Crippen molar-refractivity contribution in [3.8, 4) is 0 Å². The molecule has 22 heavy (non-hydrogen) atoms. The number of carbonyl (C=O) groups is 1. The molecular weight excluding hydrogens is 272 g/mol. The van der Waals surface area contributed by atoms with Crippen molar-refractivity contribution >= 4 is 5.78 Å². The third-order valence-electron chi connectivity index (χ3n) is 8.68. The molecule has 0 heterocycles. The average Bonchev–Trinajstić information content (AvgIpc) is 3.13. The van der Waals surface area contributed by atoms with Crippen LogP contribution < -0.4 is 0 Å². The van der Waals surface area contributed by atoms with Gasteiger partial charge in [-0.1, -0.05) is 25.5 Å². The molecule has 0 aromatic heterocycles. The predicted octanol–water partition coefficient (Wildman–Crippen LogP) is 3.66. The molecular formula is C20H26O2. The monoisotopic (exact) mass is 298 g/mol. The highest BCUT2D eigenvalue weighted by atomic mass is 16.3. The van der Waals surface area contributed by atoms with Crippen LogP contribution in [0.5, 0.6) is 0 Å². The van der Waals surface area contributed by atoms with Crippen molar-refractivity contribution in [1.82, 2.24) is 0 Å². The fourth-order valence-corrected chi connectivity index (χ4v) is 7.40. The van der Waals surface area contributed by atoms with E-state index in [9.17, 15) is 9.90 Å². The zero-order valence-electron chi connectivity index (χ0n) is 13.6. The van der Waals surface area contributed by atoms with E-state index in [1.165, 1.54) is 24.8 Å². The van der Waals surface area contributed by atoms with E-state index in [1.54, 1.807) is 6.08 Å². The van der Waals surface area contributed by atoms with Crippen LogP contribution in [0.2, 0.25) is 0 Å². The smallest absolute Gasteiger partial charge is 0.178 e. The molecule has 4 saturated carbocycles. The Labute approximate surface area is 132 Å². The topological polar surface area (TPSA) is 37.3 Å². The van der Waals surface area contributed by atoms with E-state index in [1.807, 2.05) is 6.08 Å². The second-order valence-electron chi connectivity index (χ2n) is 9.09. The molecule has 2 unspecified atom stereocenters. The minimum Gasteiger partial charge on any atom is -0.393 e. The Balaban J connectivity index is 1.58. The largest absolute Gasteiger partial charge is 0.393 e. The lowest BCUT2D eigenvalue weighted by atomic mass is 9.46. The van der Waals surface area contributed by atoms with Crippen LogP contribution in [-0.2, 0) is 4.79 Å². The number of aliphatic hydroxyl groups is 1. The molecule has 118 valence electrons. The van der Waals surface area contributed by atoms with Gasteiger partial charge in [0.25, 0.3) is 0 Å². The summed E-state index contributed by atoms with van der Waals surface area (Å²) in [4.78, 5) is 11.8. The Kier molecular flexibility index (Phi) is 2.32. The first kappa shape index (κ1) is 13.5. The standard InChI is InChI=1S/C20H26O2/c1-18-7-5-14(21)9-12(18)3-4-16-15(18)6-8-19(2)17(22)10-13-11-20(13,16)19/h5,7,9,13,15-17,22H,3-4,6,8,10-11H2,1-2H3/t13-,15?,16?,17+,18-,19+,20+/m0/s1. The van der Waals surface area contributed by atoms with Crippen LogP contribution in [0.25, 0.3) is 0 Å². The Bertz CT molecular complexity index is 632. The van der Waals surface area contributed by atoms with Gasteiger partial charge in [-0.25, -0.2) is 0 Å². The van der Waals surface area contributed by atoms with Gasteiger partial charge in [0.1, 0.15) is 0 Å². The molecule has 0 aromatic rings. The molecule has 0 bridgehead atoms. The van der Waals surface area contributed by atoms with Gasteiger partial charge in [0, 0.05) is 5.41 Å². The number of rotatable bonds is 0. The molecule has 0 amide bonds. The second-order valence-corrected chi connectivity index (χ2v) is 9.09. The van der Waals surface area contributed by atoms with E-state index in [-0.39, 0.29) is 22.7 Å². The fourth-order valence-electron chi connectivity index (χ4n) is 7.40. The number of carbonyl (C=O) groups excluding carboxylic acids is 1. The minimum absolute atomic E-state index is 0.0829. The van der Waals surface area contributed by atoms with Crippen molar-refractivity contribution in [1.29, 1.82) is 0 Å². The van der Waals surface area contributed by atoms with Crippen molar-refractivity contribution in [3.05, 3.63) is 23.8 Å². The molecule has 0 aliphatic heterocycles. The molecule has 1 N–H and O–H groups in total. The van der Waals surface area contributed by atoms with E-state index in [0.717, 1.165) is 31.1 Å². The molecule has 0 radical (unpaired) electrons. The Morgan fingerprint density at radius 1 is 1.23 bits per heavy atom. The van der Waals surface area contributed by atoms with Crippen molar-refractivity contribution in [2.45, 2.75) is 58.5 Å². The molecule has 7 atom stereocenters. The van der Waals surface area contributed by atoms with Crippen LogP contribution in [0.3, 0.4) is 0 Å². The van der Waals surface area contributed by atoms with Gasteiger partial charge in [-0.3, -0.25) is 4.79 Å². The van der Waals surface area contributed by atoms with Crippen molar-refractivity contribution in [2.24, 2.45) is 34.0 Å². The van der Waals surface area contributed by atoms with Gasteiger partial charge in [0.2, 0.25) is 0 Å². The normalized spacial score (nSPS) is 58.3. The molecule has 5 rings (SSSR count). The molecule has 4 fully saturated rings. The van der Waals surface area contributed by atoms with Crippen LogP contribution in [0, 0.1) is 34.0 Å². The highest BCUT2D eigenvalue weighted by Crippen LogP contribution is 2.82. The first-order chi connectivity index (χ1) is 10.4. The van der Waals surface area contributed by atoms with Crippen LogP contribution in [0.15, 0.2) is 23.8 Å². The Morgan fingerprint density at radius 3 is 2.86 bits per heavy atom. The summed E-state index contributed by atoms with van der Waals surface area (Å²) in [5.41, 5.74) is 2.04. The van der Waals surface area contributed by atoms with Gasteiger partial charge < -0.3 is 5.11 Å². The number of hydrogen-bond donors (Lipinski definition) is 1. The van der Waals surface area contributed by atoms with Gasteiger partial charge in [-0.2, -0.15) is 0 Å². The minimum atomic E-state index is -0.0829. The SMILES string of the molecule is C[C@]12C=CC(=O)C=C1CCC1C2CC[C@]2(C)[C@H](O)C[C@H]3C[C@]132. The quantitative estimate of drug-likeness (QED) is 0.741. The zero-order chi connectivity index (χ0) is 15.3. The number of allylic oxidation sites excluding steroid dienone is 4. The van der Waals surface area contributed by atoms with Gasteiger partial charge in [-0.15, -0.1) is 0 Å². The summed E-state index contributed by atoms with van der Waals surface area (Å²) >= 11 is 0. The summed E-state index contributed by atoms with van der Waals surface area (Å²) in [5.74, 6) is 2.35. The van der Waals surface area contributed by atoms with Crippen molar-refractivity contribution in [3.63, 3.8) is 0 Å². The summed E-state index contributed by atoms with van der Waals surface area (Å²) in [6, 6.07) is 0. The van der Waals surface area contributed by atoms with E-state index in [0.29, 0.717) is 11.3 Å². The fraction of sp³-hybridized carbons (Fsp3) is 0.750. The highest BCUT2D eigenvalue weighted by Gasteiger charge is 2.77. The maximum absolute atomic E-state index is 11.8. The summed E-state index contributed by atoms with van der Waals surface area (Å²) in [6.45, 7) is 4.73. The number of ketones is 1. The van der Waals surface area contributed by atoms with Crippen LogP contribution >= 0.6 is 0 Å². The number of fused-ring (bicyclic) bond motifs is 3. The lowest BCUT2D eigenvalue weighted by Crippen LogP contribution is -2.53. The molecule has 5 aliphatic rings. The predicted molar refractivity (Wildman–Crippen MR) is 85.1 cm³/mol. The Hall–Kier alpha value is -0.890. The second kappa shape index (κ2) is 3.77. The molecule has 2 heteroatoms. The third kappa shape index (κ3) is 1.28. The first-order valence-electron chi connectivity index (χ1n) is 9.04. The molecule has 2 nitrogen and oxygen atoms in total. The Morgan fingerprint density at radius 2 is 2.05 bits per heavy atom. The van der Waals surface area contributed by atoms with E-state index >= 15 is 0 Å². The summed E-state index contributed by atoms with van der Waals surface area (Å²) in [7, 11) is 0. The van der Waals surface area contributed by atoms with Gasteiger partial charge >= 0.3 is 0 Å². The summed E-state index contributed by atoms with van der Waals surface area (Å²) in [5, 5.41) is 10.6. The maximum atomic E-state index is 11.8. The highest BCUT2D eigenvalue weighted by molar-refractivity contribution is 6.01. The van der Waals surface area contributed by atoms with E-state index in [4.69, 9.17) is 0 Å². The lowest BCUT2D eigenvalue weighted by molar-refractivity contribution is -0.111. The van der Waals surface area contributed by atoms with Crippen LogP contribution in [-0.4, -0.2) is 17.0 Å². The van der Waals surface area contributed by atoms with Crippen LogP contribution in [0.4, 0.5) is 0 Å². The first-order valence-corrected chi connectivity index (χ1v) is 9.04. The van der Waals surface area contributed by atoms with E-state index in [2.05, 4.69) is 19.9 Å². The third-order valence-corrected chi connectivity index (χ3v) is 8.68. The summed E-state index contributed by atoms with van der Waals surface area (Å²) < 4.78 is 0. The molecule has 0 aromatic carbocycles. The maximum Gasteiger partial charge on any atom is 0.178 e. The van der Waals surface area contributed by atoms with Gasteiger partial charge in [0.15, 0.2) is 5.78 Å². The zero-order valence-corrected chi connectivity index (χ0v) is 13.6. The number of hydrogen-bond acceptors (Lipinski definition) is 2. The van der Waals surface area contributed by atoms with E-state index < -0.39 is 0 Å². The van der Waals surface area contributed by atoms with Gasteiger partial charge in [-0.05, 0) is 79.3 Å². The molecule has 0 saturated heterocycles. The van der Waals surface area contributed by atoms with Crippen molar-refractivity contribution < 1.29 is 9.90 Å².